The van der Waals surface area contributed by atoms with Gasteiger partial charge in [-0.1, -0.05) is 24.3 Å². The summed E-state index contributed by atoms with van der Waals surface area (Å²) in [6.07, 6.45) is 5.76. The van der Waals surface area contributed by atoms with Crippen molar-refractivity contribution < 1.29 is 4.79 Å². The predicted molar refractivity (Wildman–Crippen MR) is 64.2 cm³/mol. The second kappa shape index (κ2) is 3.78. The van der Waals surface area contributed by atoms with Gasteiger partial charge in [0.1, 0.15) is 0 Å². The van der Waals surface area contributed by atoms with Gasteiger partial charge in [-0.3, -0.25) is 4.79 Å². The van der Waals surface area contributed by atoms with Gasteiger partial charge in [0.05, 0.1) is 5.70 Å². The van der Waals surface area contributed by atoms with Crippen molar-refractivity contribution in [3.8, 4) is 0 Å². The molecule has 1 saturated heterocycles. The number of hydrogen-bond donors (Lipinski definition) is 0. The number of fused-ring (bicyclic) bond motifs is 1. The van der Waals surface area contributed by atoms with Crippen LogP contribution in [0.2, 0.25) is 0 Å². The molecule has 1 aromatic carbocycles. The number of benzene rings is 1. The molecule has 1 fully saturated rings. The molecule has 16 heavy (non-hydrogen) atoms. The summed E-state index contributed by atoms with van der Waals surface area (Å²) >= 11 is 0. The minimum atomic E-state index is 0.206. The predicted octanol–water partition coefficient (Wildman–Crippen LogP) is 2.71. The van der Waals surface area contributed by atoms with Crippen LogP contribution in [0.15, 0.2) is 30.0 Å². The molecule has 1 aliphatic carbocycles. The Morgan fingerprint density at radius 3 is 2.50 bits per heavy atom. The zero-order valence-electron chi connectivity index (χ0n) is 9.28. The van der Waals surface area contributed by atoms with E-state index in [0.717, 1.165) is 29.9 Å². The van der Waals surface area contributed by atoms with Crippen molar-refractivity contribution in [1.29, 1.82) is 0 Å². The molecule has 0 bridgehead atoms. The van der Waals surface area contributed by atoms with Gasteiger partial charge in [0.2, 0.25) is 5.78 Å². The minimum absolute atomic E-state index is 0.206. The van der Waals surface area contributed by atoms with E-state index in [1.165, 1.54) is 19.3 Å². The summed E-state index contributed by atoms with van der Waals surface area (Å²) in [6.45, 7) is 2.07. The highest BCUT2D eigenvalue weighted by Crippen LogP contribution is 2.28. The van der Waals surface area contributed by atoms with Crippen LogP contribution in [0.25, 0.3) is 6.08 Å². The fraction of sp³-hybridized carbons (Fsp3) is 0.357. The molecule has 82 valence electrons. The number of nitrogens with zero attached hydrogens (tertiary/aromatic N) is 1. The van der Waals surface area contributed by atoms with Crippen molar-refractivity contribution >= 4 is 11.9 Å². The Morgan fingerprint density at radius 1 is 1.00 bits per heavy atom. The van der Waals surface area contributed by atoms with E-state index in [1.807, 2.05) is 30.3 Å². The van der Waals surface area contributed by atoms with Crippen molar-refractivity contribution in [2.75, 3.05) is 13.1 Å². The molecule has 0 radical (unpaired) electrons. The highest BCUT2D eigenvalue weighted by molar-refractivity contribution is 6.17. The first-order valence-corrected chi connectivity index (χ1v) is 5.96. The Bertz CT molecular complexity index is 456. The first-order valence-electron chi connectivity index (χ1n) is 5.96. The van der Waals surface area contributed by atoms with Crippen molar-refractivity contribution in [1.82, 2.24) is 4.90 Å². The third-order valence-corrected chi connectivity index (χ3v) is 3.43. The van der Waals surface area contributed by atoms with E-state index in [1.54, 1.807) is 0 Å². The number of hydrogen-bond acceptors (Lipinski definition) is 2. The van der Waals surface area contributed by atoms with Crippen LogP contribution in [0, 0.1) is 0 Å². The normalized spacial score (nSPS) is 19.6. The molecule has 3 rings (SSSR count). The zero-order chi connectivity index (χ0) is 11.0. The maximum Gasteiger partial charge on any atom is 0.209 e. The van der Waals surface area contributed by atoms with E-state index < -0.39 is 0 Å². The summed E-state index contributed by atoms with van der Waals surface area (Å²) in [5, 5.41) is 0. The van der Waals surface area contributed by atoms with Crippen molar-refractivity contribution in [3.05, 3.63) is 41.1 Å². The highest BCUT2D eigenvalue weighted by atomic mass is 16.1. The number of piperidine rings is 1. The lowest BCUT2D eigenvalue weighted by atomic mass is 10.1. The topological polar surface area (TPSA) is 20.3 Å². The van der Waals surface area contributed by atoms with Gasteiger partial charge in [0.25, 0.3) is 0 Å². The summed E-state index contributed by atoms with van der Waals surface area (Å²) in [6, 6.07) is 7.86. The van der Waals surface area contributed by atoms with Gasteiger partial charge in [-0.05, 0) is 30.9 Å². The van der Waals surface area contributed by atoms with Crippen LogP contribution in [-0.4, -0.2) is 23.8 Å². The van der Waals surface area contributed by atoms with Gasteiger partial charge in [-0.25, -0.2) is 0 Å². The molecule has 0 aromatic heterocycles. The van der Waals surface area contributed by atoms with Crippen LogP contribution in [0.1, 0.15) is 35.2 Å². The molecule has 1 aliphatic heterocycles. The molecule has 2 aliphatic rings. The molecule has 0 amide bonds. The maximum atomic E-state index is 12.2. The SMILES string of the molecule is O=C1C(N2CCCCC2)=Cc2ccccc21. The standard InChI is InChI=1S/C14H15NO/c16-14-12-7-3-2-6-11(12)10-13(14)15-8-4-1-5-9-15/h2-3,6-7,10H,1,4-5,8-9H2. The number of rotatable bonds is 1. The summed E-state index contributed by atoms with van der Waals surface area (Å²) in [4.78, 5) is 14.4. The highest BCUT2D eigenvalue weighted by Gasteiger charge is 2.26. The first-order chi connectivity index (χ1) is 7.86. The molecule has 0 unspecified atom stereocenters. The van der Waals surface area contributed by atoms with E-state index in [0.29, 0.717) is 0 Å². The molecule has 0 spiro atoms. The average Bonchev–Trinajstić information content (AvgIpc) is 2.69. The lowest BCUT2D eigenvalue weighted by Gasteiger charge is -2.28. The van der Waals surface area contributed by atoms with Crippen LogP contribution < -0.4 is 0 Å². The van der Waals surface area contributed by atoms with Crippen LogP contribution in [0.4, 0.5) is 0 Å². The number of ketones is 1. The molecule has 0 saturated carbocycles. The van der Waals surface area contributed by atoms with E-state index in [9.17, 15) is 4.79 Å². The van der Waals surface area contributed by atoms with E-state index in [4.69, 9.17) is 0 Å². The zero-order valence-corrected chi connectivity index (χ0v) is 9.28. The number of carbonyl (C=O) groups is 1. The van der Waals surface area contributed by atoms with Crippen LogP contribution >= 0.6 is 0 Å². The van der Waals surface area contributed by atoms with Gasteiger partial charge in [0.15, 0.2) is 0 Å². The smallest absolute Gasteiger partial charge is 0.209 e. The van der Waals surface area contributed by atoms with Crippen LogP contribution in [0.5, 0.6) is 0 Å². The molecular weight excluding hydrogens is 198 g/mol. The lowest BCUT2D eigenvalue weighted by Crippen LogP contribution is -2.31. The summed E-state index contributed by atoms with van der Waals surface area (Å²) in [7, 11) is 0. The largest absolute Gasteiger partial charge is 0.368 e. The average molecular weight is 213 g/mol. The Kier molecular flexibility index (Phi) is 2.28. The Labute approximate surface area is 95.6 Å². The monoisotopic (exact) mass is 213 g/mol. The number of Topliss-reactive ketones (excluding diaryl/α,β-unsaturated/α-hetero) is 1. The molecule has 0 N–H and O–H groups in total. The summed E-state index contributed by atoms with van der Waals surface area (Å²) in [5.74, 6) is 0.206. The Morgan fingerprint density at radius 2 is 1.75 bits per heavy atom. The molecule has 1 heterocycles. The third-order valence-electron chi connectivity index (χ3n) is 3.43. The van der Waals surface area contributed by atoms with E-state index >= 15 is 0 Å². The number of allylic oxidation sites excluding steroid dienone is 1. The van der Waals surface area contributed by atoms with Crippen molar-refractivity contribution in [2.45, 2.75) is 19.3 Å². The Balaban J connectivity index is 1.92. The summed E-state index contributed by atoms with van der Waals surface area (Å²) < 4.78 is 0. The van der Waals surface area contributed by atoms with Crippen molar-refractivity contribution in [3.63, 3.8) is 0 Å². The molecular formula is C14H15NO. The lowest BCUT2D eigenvalue weighted by molar-refractivity contribution is 0.0990. The second-order valence-electron chi connectivity index (χ2n) is 4.49. The molecule has 0 atom stereocenters. The minimum Gasteiger partial charge on any atom is -0.368 e. The van der Waals surface area contributed by atoms with Gasteiger partial charge < -0.3 is 4.90 Å². The molecule has 2 heteroatoms. The van der Waals surface area contributed by atoms with E-state index in [-0.39, 0.29) is 5.78 Å². The quantitative estimate of drug-likeness (QED) is 0.715. The van der Waals surface area contributed by atoms with Gasteiger partial charge in [-0.15, -0.1) is 0 Å². The molecule has 1 aromatic rings. The Hall–Kier alpha value is -1.57. The van der Waals surface area contributed by atoms with Gasteiger partial charge in [0, 0.05) is 18.7 Å². The van der Waals surface area contributed by atoms with Crippen LogP contribution in [-0.2, 0) is 0 Å². The van der Waals surface area contributed by atoms with Crippen molar-refractivity contribution in [2.24, 2.45) is 0 Å². The molecule has 2 nitrogen and oxygen atoms in total. The second-order valence-corrected chi connectivity index (χ2v) is 4.49. The fourth-order valence-electron chi connectivity index (χ4n) is 2.55. The fourth-order valence-corrected chi connectivity index (χ4v) is 2.55. The summed E-state index contributed by atoms with van der Waals surface area (Å²) in [5.41, 5.74) is 2.84. The van der Waals surface area contributed by atoms with Gasteiger partial charge >= 0.3 is 0 Å². The van der Waals surface area contributed by atoms with Crippen LogP contribution in [0.3, 0.4) is 0 Å². The van der Waals surface area contributed by atoms with E-state index in [2.05, 4.69) is 4.90 Å². The number of likely N-dealkylation sites (tertiary alicyclic amines) is 1. The number of carbonyl (C=O) groups excluding carboxylic acids is 1. The third kappa shape index (κ3) is 1.45. The first kappa shape index (κ1) is 9.64. The van der Waals surface area contributed by atoms with Gasteiger partial charge in [-0.2, -0.15) is 0 Å². The maximum absolute atomic E-state index is 12.2.